The zero-order valence-corrected chi connectivity index (χ0v) is 5.87. The van der Waals surface area contributed by atoms with Gasteiger partial charge in [-0.2, -0.15) is 0 Å². The quantitative estimate of drug-likeness (QED) is 0.502. The fourth-order valence-corrected chi connectivity index (χ4v) is 1.22. The topological polar surface area (TPSA) is 46.6 Å². The molecule has 0 unspecified atom stereocenters. The van der Waals surface area contributed by atoms with Gasteiger partial charge in [-0.25, -0.2) is 4.79 Å². The molecule has 2 heterocycles. The first kappa shape index (κ1) is 6.39. The number of Topliss-reactive ketones (excluding diaryl/α,β-unsaturated/α-hetero) is 1. The van der Waals surface area contributed by atoms with Crippen LogP contribution in [-0.2, 0) is 9.53 Å². The molecule has 2 aliphatic rings. The Balaban J connectivity index is 2.29. The monoisotopic (exact) mass is 153 g/mol. The maximum absolute atomic E-state index is 10.9. The lowest BCUT2D eigenvalue weighted by atomic mass is 10.1. The summed E-state index contributed by atoms with van der Waals surface area (Å²) in [5.74, 6) is 0.0626. The summed E-state index contributed by atoms with van der Waals surface area (Å²) >= 11 is 0. The molecule has 2 aliphatic heterocycles. The summed E-state index contributed by atoms with van der Waals surface area (Å²) in [4.78, 5) is 23.1. The van der Waals surface area contributed by atoms with Crippen LogP contribution >= 0.6 is 0 Å². The van der Waals surface area contributed by atoms with E-state index in [0.29, 0.717) is 13.0 Å². The average molecular weight is 153 g/mol. The van der Waals surface area contributed by atoms with Crippen molar-refractivity contribution in [1.82, 2.24) is 4.90 Å². The highest BCUT2D eigenvalue weighted by Crippen LogP contribution is 2.19. The number of ether oxygens (including phenoxy) is 1. The molecule has 0 saturated carbocycles. The van der Waals surface area contributed by atoms with Crippen LogP contribution in [0.15, 0.2) is 11.8 Å². The van der Waals surface area contributed by atoms with E-state index in [2.05, 4.69) is 0 Å². The standard InChI is InChI=1S/C7H7NO3/c9-6-2-1-5-4-11-7(10)8(5)3-6/h1H,2-4H2. The van der Waals surface area contributed by atoms with Gasteiger partial charge in [0, 0.05) is 6.42 Å². The van der Waals surface area contributed by atoms with E-state index in [9.17, 15) is 9.59 Å². The van der Waals surface area contributed by atoms with Gasteiger partial charge in [0.15, 0.2) is 5.78 Å². The van der Waals surface area contributed by atoms with Gasteiger partial charge in [-0.1, -0.05) is 6.08 Å². The minimum atomic E-state index is -0.399. The van der Waals surface area contributed by atoms with Crippen LogP contribution in [-0.4, -0.2) is 29.9 Å². The Labute approximate surface area is 63.4 Å². The maximum Gasteiger partial charge on any atom is 0.414 e. The van der Waals surface area contributed by atoms with Gasteiger partial charge in [0.05, 0.1) is 12.2 Å². The molecule has 0 bridgehead atoms. The second-order valence-electron chi connectivity index (χ2n) is 2.58. The number of nitrogens with zero attached hydrogens (tertiary/aromatic N) is 1. The molecule has 4 heteroatoms. The molecule has 0 aromatic rings. The molecule has 0 spiro atoms. The van der Waals surface area contributed by atoms with Gasteiger partial charge < -0.3 is 4.74 Å². The van der Waals surface area contributed by atoms with E-state index < -0.39 is 6.09 Å². The summed E-state index contributed by atoms with van der Waals surface area (Å²) in [6.07, 6.45) is 1.78. The lowest BCUT2D eigenvalue weighted by molar-refractivity contribution is -0.119. The number of allylic oxidation sites excluding steroid dienone is 1. The number of cyclic esters (lactones) is 1. The molecule has 2 rings (SSSR count). The largest absolute Gasteiger partial charge is 0.443 e. The van der Waals surface area contributed by atoms with Gasteiger partial charge in [0.1, 0.15) is 6.61 Å². The Morgan fingerprint density at radius 1 is 1.45 bits per heavy atom. The predicted molar refractivity (Wildman–Crippen MR) is 35.8 cm³/mol. The Morgan fingerprint density at radius 3 is 3.09 bits per heavy atom. The van der Waals surface area contributed by atoms with Crippen molar-refractivity contribution in [3.05, 3.63) is 11.8 Å². The minimum Gasteiger partial charge on any atom is -0.443 e. The van der Waals surface area contributed by atoms with E-state index in [-0.39, 0.29) is 12.3 Å². The van der Waals surface area contributed by atoms with Gasteiger partial charge >= 0.3 is 6.09 Å². The van der Waals surface area contributed by atoms with E-state index in [1.807, 2.05) is 0 Å². The van der Waals surface area contributed by atoms with Crippen molar-refractivity contribution in [2.75, 3.05) is 13.2 Å². The van der Waals surface area contributed by atoms with Crippen LogP contribution in [0.1, 0.15) is 6.42 Å². The normalized spacial score (nSPS) is 22.9. The van der Waals surface area contributed by atoms with Crippen LogP contribution in [0.4, 0.5) is 4.79 Å². The van der Waals surface area contributed by atoms with Crippen LogP contribution in [0.5, 0.6) is 0 Å². The van der Waals surface area contributed by atoms with Crippen LogP contribution < -0.4 is 0 Å². The van der Waals surface area contributed by atoms with E-state index in [1.165, 1.54) is 4.90 Å². The number of carbonyl (C=O) groups excluding carboxylic acids is 2. The molecular weight excluding hydrogens is 146 g/mol. The van der Waals surface area contributed by atoms with Crippen molar-refractivity contribution in [3.8, 4) is 0 Å². The lowest BCUT2D eigenvalue weighted by Gasteiger charge is -2.16. The van der Waals surface area contributed by atoms with E-state index >= 15 is 0 Å². The molecule has 11 heavy (non-hydrogen) atoms. The number of amides is 1. The molecule has 1 saturated heterocycles. The molecule has 0 aromatic heterocycles. The molecule has 0 aromatic carbocycles. The number of rotatable bonds is 0. The number of carbonyl (C=O) groups is 2. The summed E-state index contributed by atoms with van der Waals surface area (Å²) in [5.41, 5.74) is 0.828. The van der Waals surface area contributed by atoms with Crippen molar-refractivity contribution in [1.29, 1.82) is 0 Å². The second kappa shape index (κ2) is 2.08. The molecule has 1 fully saturated rings. The molecule has 0 aliphatic carbocycles. The summed E-state index contributed by atoms with van der Waals surface area (Å²) in [6.45, 7) is 0.511. The van der Waals surface area contributed by atoms with Crippen molar-refractivity contribution >= 4 is 11.9 Å². The number of ketones is 1. The smallest absolute Gasteiger partial charge is 0.414 e. The summed E-state index contributed by atoms with van der Waals surface area (Å²) < 4.78 is 4.71. The molecule has 0 radical (unpaired) electrons. The van der Waals surface area contributed by atoms with E-state index in [4.69, 9.17) is 4.74 Å². The van der Waals surface area contributed by atoms with Gasteiger partial charge in [-0.3, -0.25) is 9.69 Å². The van der Waals surface area contributed by atoms with Gasteiger partial charge in [0.25, 0.3) is 0 Å². The van der Waals surface area contributed by atoms with Crippen LogP contribution in [0.3, 0.4) is 0 Å². The SMILES string of the molecule is O=C1CC=C2COC(=O)N2C1. The van der Waals surface area contributed by atoms with Gasteiger partial charge in [-0.05, 0) is 0 Å². The molecule has 0 atom stereocenters. The van der Waals surface area contributed by atoms with Crippen LogP contribution in [0.25, 0.3) is 0 Å². The van der Waals surface area contributed by atoms with E-state index in [0.717, 1.165) is 5.70 Å². The molecule has 1 amide bonds. The third kappa shape index (κ3) is 0.906. The molecule has 4 nitrogen and oxygen atoms in total. The minimum absolute atomic E-state index is 0.0626. The Bertz CT molecular complexity index is 256. The highest BCUT2D eigenvalue weighted by atomic mass is 16.6. The summed E-state index contributed by atoms with van der Waals surface area (Å²) in [7, 11) is 0. The first-order valence-electron chi connectivity index (χ1n) is 3.42. The van der Waals surface area contributed by atoms with Crippen molar-refractivity contribution in [3.63, 3.8) is 0 Å². The Hall–Kier alpha value is -1.32. The van der Waals surface area contributed by atoms with Gasteiger partial charge in [-0.15, -0.1) is 0 Å². The van der Waals surface area contributed by atoms with Gasteiger partial charge in [0.2, 0.25) is 0 Å². The van der Waals surface area contributed by atoms with Crippen molar-refractivity contribution in [2.24, 2.45) is 0 Å². The number of fused-ring (bicyclic) bond motifs is 1. The molecular formula is C7H7NO3. The van der Waals surface area contributed by atoms with Crippen LogP contribution in [0.2, 0.25) is 0 Å². The van der Waals surface area contributed by atoms with Crippen molar-refractivity contribution < 1.29 is 14.3 Å². The van der Waals surface area contributed by atoms with Crippen LogP contribution in [0, 0.1) is 0 Å². The zero-order chi connectivity index (χ0) is 7.84. The summed E-state index contributed by atoms with van der Waals surface area (Å²) in [6, 6.07) is 0. The molecule has 58 valence electrons. The lowest BCUT2D eigenvalue weighted by Crippen LogP contribution is -2.32. The summed E-state index contributed by atoms with van der Waals surface area (Å²) in [5, 5.41) is 0. The maximum atomic E-state index is 10.9. The zero-order valence-electron chi connectivity index (χ0n) is 5.87. The highest BCUT2D eigenvalue weighted by Gasteiger charge is 2.31. The second-order valence-corrected chi connectivity index (χ2v) is 2.58. The molecule has 0 N–H and O–H groups in total. The Morgan fingerprint density at radius 2 is 2.27 bits per heavy atom. The average Bonchev–Trinajstić information content (AvgIpc) is 2.33. The fourth-order valence-electron chi connectivity index (χ4n) is 1.22. The first-order chi connectivity index (χ1) is 5.27. The third-order valence-electron chi connectivity index (χ3n) is 1.81. The van der Waals surface area contributed by atoms with Crippen molar-refractivity contribution in [2.45, 2.75) is 6.42 Å². The number of hydrogen-bond donors (Lipinski definition) is 0. The fraction of sp³-hybridized carbons (Fsp3) is 0.429. The highest BCUT2D eigenvalue weighted by molar-refractivity contribution is 5.88. The number of hydrogen-bond acceptors (Lipinski definition) is 3. The van der Waals surface area contributed by atoms with E-state index in [1.54, 1.807) is 6.08 Å². The Kier molecular flexibility index (Phi) is 1.21. The predicted octanol–water partition coefficient (Wildman–Crippen LogP) is 0.295. The first-order valence-corrected chi connectivity index (χ1v) is 3.42. The third-order valence-corrected chi connectivity index (χ3v) is 1.81.